The van der Waals surface area contributed by atoms with Gasteiger partial charge in [-0.25, -0.2) is 0 Å². The van der Waals surface area contributed by atoms with Gasteiger partial charge in [0.25, 0.3) is 5.91 Å². The third-order valence-corrected chi connectivity index (χ3v) is 3.11. The summed E-state index contributed by atoms with van der Waals surface area (Å²) in [7, 11) is 0. The van der Waals surface area contributed by atoms with Crippen LogP contribution in [0.2, 0.25) is 0 Å². The molecule has 5 heteroatoms. The average molecular weight is 254 g/mol. The molecule has 1 unspecified atom stereocenters. The molecule has 0 aliphatic rings. The van der Waals surface area contributed by atoms with Gasteiger partial charge in [0.15, 0.2) is 5.76 Å². The predicted molar refractivity (Wildman–Crippen MR) is 71.0 cm³/mol. The molecule has 17 heavy (non-hydrogen) atoms. The number of hydrogen-bond donors (Lipinski definition) is 1. The van der Waals surface area contributed by atoms with Gasteiger partial charge in [-0.3, -0.25) is 4.79 Å². The van der Waals surface area contributed by atoms with Gasteiger partial charge in [0.05, 0.1) is 11.3 Å². The highest BCUT2D eigenvalue weighted by Crippen LogP contribution is 2.13. The summed E-state index contributed by atoms with van der Waals surface area (Å²) in [4.78, 5) is 14.3. The Morgan fingerprint density at radius 1 is 1.65 bits per heavy atom. The van der Waals surface area contributed by atoms with Crippen LogP contribution in [-0.4, -0.2) is 28.9 Å². The van der Waals surface area contributed by atoms with E-state index in [0.717, 1.165) is 5.56 Å². The van der Waals surface area contributed by atoms with Crippen molar-refractivity contribution >= 4 is 23.1 Å². The molecule has 0 aromatic carbocycles. The molecule has 0 aliphatic heterocycles. The van der Waals surface area contributed by atoms with E-state index in [1.54, 1.807) is 11.0 Å². The third kappa shape index (κ3) is 3.30. The summed E-state index contributed by atoms with van der Waals surface area (Å²) in [5.74, 6) is 0.282. The number of carbonyl (C=O) groups excluding carboxylic acids is 1. The van der Waals surface area contributed by atoms with E-state index in [1.165, 1.54) is 6.26 Å². The number of nitrogens with two attached hydrogens (primary N) is 1. The van der Waals surface area contributed by atoms with Gasteiger partial charge in [-0.15, -0.1) is 0 Å². The van der Waals surface area contributed by atoms with Gasteiger partial charge in [0.2, 0.25) is 0 Å². The maximum Gasteiger partial charge on any atom is 0.289 e. The second-order valence-corrected chi connectivity index (χ2v) is 4.55. The minimum atomic E-state index is -0.113. The Morgan fingerprint density at radius 3 is 2.71 bits per heavy atom. The Balaban J connectivity index is 2.78. The molecule has 0 aliphatic carbocycles. The van der Waals surface area contributed by atoms with Crippen LogP contribution in [0, 0.1) is 12.8 Å². The first kappa shape index (κ1) is 13.7. The van der Waals surface area contributed by atoms with E-state index in [-0.39, 0.29) is 11.8 Å². The number of amides is 1. The Bertz CT molecular complexity index is 414. The van der Waals surface area contributed by atoms with Crippen molar-refractivity contribution in [3.05, 3.63) is 23.7 Å². The maximum absolute atomic E-state index is 12.2. The summed E-state index contributed by atoms with van der Waals surface area (Å²) in [6, 6.07) is 1.78. The van der Waals surface area contributed by atoms with E-state index >= 15 is 0 Å². The molecule has 1 rings (SSSR count). The van der Waals surface area contributed by atoms with E-state index in [4.69, 9.17) is 22.4 Å². The molecule has 2 N–H and O–H groups in total. The molecule has 1 aromatic rings. The molecule has 94 valence electrons. The number of nitrogens with zero attached hydrogens (tertiary/aromatic N) is 1. The zero-order chi connectivity index (χ0) is 13.0. The first-order valence-corrected chi connectivity index (χ1v) is 6.00. The van der Waals surface area contributed by atoms with Gasteiger partial charge in [-0.1, -0.05) is 19.1 Å². The van der Waals surface area contributed by atoms with E-state index in [9.17, 15) is 4.79 Å². The van der Waals surface area contributed by atoms with Crippen molar-refractivity contribution in [3.63, 3.8) is 0 Å². The lowest BCUT2D eigenvalue weighted by molar-refractivity contribution is 0.0722. The van der Waals surface area contributed by atoms with Crippen LogP contribution in [0.15, 0.2) is 16.7 Å². The zero-order valence-corrected chi connectivity index (χ0v) is 11.2. The van der Waals surface area contributed by atoms with Crippen LogP contribution in [0.5, 0.6) is 0 Å². The number of thiocarbonyl (C=S) groups is 1. The number of rotatable bonds is 5. The Labute approximate surface area is 107 Å². The quantitative estimate of drug-likeness (QED) is 0.816. The van der Waals surface area contributed by atoms with E-state index in [0.29, 0.717) is 23.8 Å². The van der Waals surface area contributed by atoms with Gasteiger partial charge in [-0.05, 0) is 19.9 Å². The molecule has 1 atom stereocenters. The topological polar surface area (TPSA) is 59.5 Å². The minimum Gasteiger partial charge on any atom is -0.459 e. The molecule has 0 spiro atoms. The van der Waals surface area contributed by atoms with Crippen molar-refractivity contribution < 1.29 is 9.21 Å². The van der Waals surface area contributed by atoms with Crippen molar-refractivity contribution in [1.29, 1.82) is 0 Å². The third-order valence-electron chi connectivity index (χ3n) is 2.71. The fourth-order valence-corrected chi connectivity index (χ4v) is 1.59. The van der Waals surface area contributed by atoms with E-state index < -0.39 is 0 Å². The summed E-state index contributed by atoms with van der Waals surface area (Å²) in [5, 5.41) is 0. The fraction of sp³-hybridized carbons (Fsp3) is 0.500. The molecule has 0 radical (unpaired) electrons. The van der Waals surface area contributed by atoms with Crippen molar-refractivity contribution in [2.75, 3.05) is 13.1 Å². The van der Waals surface area contributed by atoms with Crippen molar-refractivity contribution in [3.8, 4) is 0 Å². The lowest BCUT2D eigenvalue weighted by Crippen LogP contribution is -2.38. The summed E-state index contributed by atoms with van der Waals surface area (Å²) >= 11 is 4.91. The first-order chi connectivity index (χ1) is 7.97. The SMILES string of the molecule is CCN(CC(C)C(N)=S)C(=O)c1occc1C. The van der Waals surface area contributed by atoms with Crippen LogP contribution in [0.4, 0.5) is 0 Å². The molecule has 0 fully saturated rings. The Kier molecular flexibility index (Phi) is 4.69. The predicted octanol–water partition coefficient (Wildman–Crippen LogP) is 1.97. The zero-order valence-electron chi connectivity index (χ0n) is 10.4. The fourth-order valence-electron chi connectivity index (χ4n) is 1.51. The molecular formula is C12H18N2O2S. The standard InChI is InChI=1S/C12H18N2O2S/c1-4-14(7-9(3)11(13)17)12(15)10-8(2)5-6-16-10/h5-6,9H,4,7H2,1-3H3,(H2,13,17). The van der Waals surface area contributed by atoms with Crippen LogP contribution < -0.4 is 5.73 Å². The van der Waals surface area contributed by atoms with Gasteiger partial charge >= 0.3 is 0 Å². The normalized spacial score (nSPS) is 12.2. The molecule has 1 amide bonds. The number of furan rings is 1. The molecule has 4 nitrogen and oxygen atoms in total. The molecule has 0 bridgehead atoms. The lowest BCUT2D eigenvalue weighted by atomic mass is 10.1. The van der Waals surface area contributed by atoms with Crippen molar-refractivity contribution in [1.82, 2.24) is 4.90 Å². The second-order valence-electron chi connectivity index (χ2n) is 4.08. The first-order valence-electron chi connectivity index (χ1n) is 5.60. The summed E-state index contributed by atoms with van der Waals surface area (Å²) in [6.45, 7) is 6.80. The van der Waals surface area contributed by atoms with Gasteiger partial charge in [0, 0.05) is 24.6 Å². The van der Waals surface area contributed by atoms with E-state index in [2.05, 4.69) is 0 Å². The minimum absolute atomic E-state index is 0.00386. The van der Waals surface area contributed by atoms with Crippen LogP contribution in [0.3, 0.4) is 0 Å². The highest BCUT2D eigenvalue weighted by molar-refractivity contribution is 7.80. The Morgan fingerprint density at radius 2 is 2.29 bits per heavy atom. The Hall–Kier alpha value is -1.36. The number of hydrogen-bond acceptors (Lipinski definition) is 3. The van der Waals surface area contributed by atoms with Crippen molar-refractivity contribution in [2.24, 2.45) is 11.7 Å². The second kappa shape index (κ2) is 5.82. The summed E-state index contributed by atoms with van der Waals surface area (Å²) in [5.41, 5.74) is 6.40. The van der Waals surface area contributed by atoms with Gasteiger partial charge in [0.1, 0.15) is 0 Å². The number of carbonyl (C=O) groups is 1. The highest BCUT2D eigenvalue weighted by Gasteiger charge is 2.21. The number of aryl methyl sites for hydroxylation is 1. The van der Waals surface area contributed by atoms with Gasteiger partial charge < -0.3 is 15.1 Å². The van der Waals surface area contributed by atoms with Gasteiger partial charge in [-0.2, -0.15) is 0 Å². The molecular weight excluding hydrogens is 236 g/mol. The lowest BCUT2D eigenvalue weighted by Gasteiger charge is -2.23. The van der Waals surface area contributed by atoms with Crippen LogP contribution in [0.1, 0.15) is 30.0 Å². The van der Waals surface area contributed by atoms with Crippen LogP contribution in [-0.2, 0) is 0 Å². The van der Waals surface area contributed by atoms with E-state index in [1.807, 2.05) is 20.8 Å². The largest absolute Gasteiger partial charge is 0.459 e. The van der Waals surface area contributed by atoms with Crippen LogP contribution >= 0.6 is 12.2 Å². The average Bonchev–Trinajstić information content (AvgIpc) is 2.70. The monoisotopic (exact) mass is 254 g/mol. The summed E-state index contributed by atoms with van der Waals surface area (Å²) in [6.07, 6.45) is 1.52. The van der Waals surface area contributed by atoms with Crippen LogP contribution in [0.25, 0.3) is 0 Å². The maximum atomic E-state index is 12.2. The molecule has 1 heterocycles. The highest BCUT2D eigenvalue weighted by atomic mass is 32.1. The molecule has 1 aromatic heterocycles. The molecule has 0 saturated heterocycles. The molecule has 0 saturated carbocycles. The van der Waals surface area contributed by atoms with Crippen molar-refractivity contribution in [2.45, 2.75) is 20.8 Å². The smallest absolute Gasteiger partial charge is 0.289 e. The summed E-state index contributed by atoms with van der Waals surface area (Å²) < 4.78 is 5.20.